The van der Waals surface area contributed by atoms with E-state index in [0.717, 1.165) is 40.0 Å². The van der Waals surface area contributed by atoms with Crippen LogP contribution in [0, 0.1) is 0 Å². The molecule has 1 aliphatic rings. The maximum absolute atomic E-state index is 11.6. The third kappa shape index (κ3) is 3.73. The lowest BCUT2D eigenvalue weighted by molar-refractivity contribution is 0.188. The van der Waals surface area contributed by atoms with Crippen LogP contribution in [0.2, 0.25) is 0 Å². The molecule has 1 fully saturated rings. The number of nitrogens with one attached hydrogen (secondary N) is 1. The van der Waals surface area contributed by atoms with Crippen LogP contribution in [0.3, 0.4) is 0 Å². The van der Waals surface area contributed by atoms with Crippen LogP contribution in [-0.4, -0.2) is 43.6 Å². The Labute approximate surface area is 164 Å². The highest BCUT2D eigenvalue weighted by Crippen LogP contribution is 2.29. The lowest BCUT2D eigenvalue weighted by Gasteiger charge is -2.31. The van der Waals surface area contributed by atoms with Gasteiger partial charge in [0.25, 0.3) is 0 Å². The van der Waals surface area contributed by atoms with Crippen LogP contribution in [0.5, 0.6) is 0 Å². The number of hydrogen-bond acceptors (Lipinski definition) is 5. The van der Waals surface area contributed by atoms with Crippen molar-refractivity contribution in [3.8, 4) is 0 Å². The topological polar surface area (TPSA) is 101 Å². The molecule has 3 aromatic rings. The number of rotatable bonds is 4. The van der Waals surface area contributed by atoms with Crippen molar-refractivity contribution in [2.45, 2.75) is 25.3 Å². The maximum atomic E-state index is 11.6. The van der Waals surface area contributed by atoms with Crippen LogP contribution >= 0.6 is 15.9 Å². The Bertz CT molecular complexity index is 959. The Balaban J connectivity index is 1.65. The number of hydrogen-bond donors (Lipinski definition) is 2. The SMILES string of the molecule is NC(=O)N1CCCC(c2cc(NCc3cccnc3)n3ncc(Br)c3n2)C1. The average Bonchev–Trinajstić information content (AvgIpc) is 3.08. The minimum Gasteiger partial charge on any atom is -0.366 e. The Morgan fingerprint density at radius 1 is 1.41 bits per heavy atom. The minimum absolute atomic E-state index is 0.150. The molecule has 140 valence electrons. The number of pyridine rings is 1. The summed E-state index contributed by atoms with van der Waals surface area (Å²) in [5, 5.41) is 7.83. The van der Waals surface area contributed by atoms with Crippen molar-refractivity contribution >= 4 is 33.4 Å². The first-order chi connectivity index (χ1) is 13.1. The van der Waals surface area contributed by atoms with Gasteiger partial charge in [-0.25, -0.2) is 9.78 Å². The van der Waals surface area contributed by atoms with Gasteiger partial charge in [0.15, 0.2) is 5.65 Å². The number of carbonyl (C=O) groups excluding carboxylic acids is 1. The fourth-order valence-corrected chi connectivity index (χ4v) is 3.75. The molecule has 27 heavy (non-hydrogen) atoms. The monoisotopic (exact) mass is 429 g/mol. The molecule has 3 aromatic heterocycles. The zero-order valence-electron chi connectivity index (χ0n) is 14.7. The number of amides is 2. The first kappa shape index (κ1) is 17.7. The van der Waals surface area contributed by atoms with Crippen LogP contribution < -0.4 is 11.1 Å². The van der Waals surface area contributed by atoms with Crippen molar-refractivity contribution in [1.82, 2.24) is 24.5 Å². The molecule has 1 unspecified atom stereocenters. The summed E-state index contributed by atoms with van der Waals surface area (Å²) in [6.07, 6.45) is 7.21. The van der Waals surface area contributed by atoms with E-state index in [1.807, 2.05) is 24.4 Å². The van der Waals surface area contributed by atoms with Crippen molar-refractivity contribution in [3.63, 3.8) is 0 Å². The first-order valence-electron chi connectivity index (χ1n) is 8.83. The van der Waals surface area contributed by atoms with Crippen LogP contribution in [0.15, 0.2) is 41.3 Å². The summed E-state index contributed by atoms with van der Waals surface area (Å²) in [6.45, 7) is 1.92. The van der Waals surface area contributed by atoms with Gasteiger partial charge in [-0.15, -0.1) is 0 Å². The normalized spacial score (nSPS) is 17.2. The van der Waals surface area contributed by atoms with Gasteiger partial charge in [0.1, 0.15) is 5.82 Å². The van der Waals surface area contributed by atoms with Gasteiger partial charge >= 0.3 is 6.03 Å². The molecule has 0 aliphatic carbocycles. The van der Waals surface area contributed by atoms with E-state index in [4.69, 9.17) is 10.7 Å². The van der Waals surface area contributed by atoms with E-state index in [0.29, 0.717) is 19.6 Å². The third-order valence-corrected chi connectivity index (χ3v) is 5.36. The minimum atomic E-state index is -0.374. The molecule has 1 aliphatic heterocycles. The summed E-state index contributed by atoms with van der Waals surface area (Å²) in [4.78, 5) is 22.2. The second-order valence-corrected chi connectivity index (χ2v) is 7.49. The number of urea groups is 1. The molecular weight excluding hydrogens is 410 g/mol. The van der Waals surface area contributed by atoms with Crippen molar-refractivity contribution in [2.24, 2.45) is 5.73 Å². The predicted molar refractivity (Wildman–Crippen MR) is 105 cm³/mol. The predicted octanol–water partition coefficient (Wildman–Crippen LogP) is 2.76. The van der Waals surface area contributed by atoms with Crippen LogP contribution in [0.25, 0.3) is 5.65 Å². The molecule has 9 heteroatoms. The number of anilines is 1. The second-order valence-electron chi connectivity index (χ2n) is 6.63. The van der Waals surface area contributed by atoms with E-state index in [2.05, 4.69) is 31.3 Å². The second kappa shape index (κ2) is 7.51. The molecule has 1 atom stereocenters. The number of carbonyl (C=O) groups is 1. The van der Waals surface area contributed by atoms with E-state index in [9.17, 15) is 4.79 Å². The van der Waals surface area contributed by atoms with E-state index >= 15 is 0 Å². The first-order valence-corrected chi connectivity index (χ1v) is 9.62. The fourth-order valence-electron chi connectivity index (χ4n) is 3.40. The van der Waals surface area contributed by atoms with Crippen molar-refractivity contribution < 1.29 is 4.79 Å². The highest BCUT2D eigenvalue weighted by molar-refractivity contribution is 9.10. The number of fused-ring (bicyclic) bond motifs is 1. The summed E-state index contributed by atoms with van der Waals surface area (Å²) < 4.78 is 2.61. The van der Waals surface area contributed by atoms with Crippen molar-refractivity contribution in [2.75, 3.05) is 18.4 Å². The van der Waals surface area contributed by atoms with Gasteiger partial charge in [-0.1, -0.05) is 6.07 Å². The number of nitrogens with two attached hydrogens (primary N) is 1. The third-order valence-electron chi connectivity index (χ3n) is 4.80. The number of aromatic nitrogens is 4. The van der Waals surface area contributed by atoms with E-state index in [-0.39, 0.29) is 11.9 Å². The molecule has 0 bridgehead atoms. The van der Waals surface area contributed by atoms with Gasteiger partial charge in [-0.2, -0.15) is 9.61 Å². The largest absolute Gasteiger partial charge is 0.366 e. The summed E-state index contributed by atoms with van der Waals surface area (Å²) in [7, 11) is 0. The van der Waals surface area contributed by atoms with Crippen molar-refractivity contribution in [1.29, 1.82) is 0 Å². The number of primary amides is 1. The fraction of sp³-hybridized carbons (Fsp3) is 0.333. The Morgan fingerprint density at radius 3 is 3.07 bits per heavy atom. The molecule has 4 rings (SSSR count). The Morgan fingerprint density at radius 2 is 2.30 bits per heavy atom. The van der Waals surface area contributed by atoms with Gasteiger partial charge in [-0.05, 0) is 40.4 Å². The number of halogens is 1. The number of likely N-dealkylation sites (tertiary alicyclic amines) is 1. The smallest absolute Gasteiger partial charge is 0.314 e. The average molecular weight is 430 g/mol. The van der Waals surface area contributed by atoms with Crippen LogP contribution in [-0.2, 0) is 6.54 Å². The van der Waals surface area contributed by atoms with Gasteiger partial charge in [0, 0.05) is 44.0 Å². The van der Waals surface area contributed by atoms with E-state index in [1.165, 1.54) is 0 Å². The van der Waals surface area contributed by atoms with Gasteiger partial charge < -0.3 is 16.0 Å². The molecule has 8 nitrogen and oxygen atoms in total. The summed E-state index contributed by atoms with van der Waals surface area (Å²) in [6, 6.07) is 5.57. The maximum Gasteiger partial charge on any atom is 0.314 e. The van der Waals surface area contributed by atoms with Gasteiger partial charge in [0.2, 0.25) is 0 Å². The number of piperidine rings is 1. The van der Waals surface area contributed by atoms with Crippen molar-refractivity contribution in [3.05, 3.63) is 52.5 Å². The summed E-state index contributed by atoms with van der Waals surface area (Å²) in [5.74, 6) is 0.998. The summed E-state index contributed by atoms with van der Waals surface area (Å²) >= 11 is 3.52. The standard InChI is InChI=1S/C18H20BrN7O/c19-14-10-23-26-16(22-9-12-3-1-5-21-8-12)7-15(24-17(14)26)13-4-2-6-25(11-13)18(20)27/h1,3,5,7-8,10,13,22H,2,4,6,9,11H2,(H2,20,27). The molecule has 0 aromatic carbocycles. The van der Waals surface area contributed by atoms with E-state index in [1.54, 1.807) is 21.8 Å². The summed E-state index contributed by atoms with van der Waals surface area (Å²) in [5.41, 5.74) is 8.23. The molecule has 2 amide bonds. The lowest BCUT2D eigenvalue weighted by Crippen LogP contribution is -2.42. The van der Waals surface area contributed by atoms with Gasteiger partial charge in [-0.3, -0.25) is 4.98 Å². The zero-order chi connectivity index (χ0) is 18.8. The van der Waals surface area contributed by atoms with Crippen LogP contribution in [0.1, 0.15) is 30.0 Å². The Hall–Kier alpha value is -2.68. The quantitative estimate of drug-likeness (QED) is 0.663. The molecule has 3 N–H and O–H groups in total. The highest BCUT2D eigenvalue weighted by atomic mass is 79.9. The lowest BCUT2D eigenvalue weighted by atomic mass is 9.94. The molecule has 0 spiro atoms. The molecule has 0 radical (unpaired) electrons. The molecule has 1 saturated heterocycles. The molecule has 0 saturated carbocycles. The number of nitrogens with zero attached hydrogens (tertiary/aromatic N) is 5. The highest BCUT2D eigenvalue weighted by Gasteiger charge is 2.25. The molecule has 4 heterocycles. The zero-order valence-corrected chi connectivity index (χ0v) is 16.3. The Kier molecular flexibility index (Phi) is 4.93. The van der Waals surface area contributed by atoms with Crippen LogP contribution in [0.4, 0.5) is 10.6 Å². The molecular formula is C18H20BrN7O. The van der Waals surface area contributed by atoms with E-state index < -0.39 is 0 Å². The van der Waals surface area contributed by atoms with Gasteiger partial charge in [0.05, 0.1) is 16.4 Å².